The number of nitrogens with one attached hydrogen (secondary N) is 1. The molecule has 0 bridgehead atoms. The van der Waals surface area contributed by atoms with Crippen LogP contribution >= 0.6 is 15.9 Å². The number of halogens is 1. The number of phenolic OH excluding ortho intramolecular Hbond substituents is 1. The molecule has 0 radical (unpaired) electrons. The Balaban J connectivity index is 2.24. The third-order valence-corrected chi connectivity index (χ3v) is 2.83. The van der Waals surface area contributed by atoms with Gasteiger partial charge in [0.1, 0.15) is 5.75 Å². The normalized spacial score (nSPS) is 10.1. The van der Waals surface area contributed by atoms with E-state index in [0.29, 0.717) is 5.69 Å². The minimum absolute atomic E-state index is 0.0590. The molecule has 1 amide bonds. The second-order valence-corrected chi connectivity index (χ2v) is 4.78. The van der Waals surface area contributed by atoms with Crippen LogP contribution < -0.4 is 5.32 Å². The maximum Gasteiger partial charge on any atom is 0.259 e. The first kappa shape index (κ1) is 12.6. The Morgan fingerprint density at radius 3 is 2.83 bits per heavy atom. The number of aromatic nitrogens is 1. The number of anilines is 1. The monoisotopic (exact) mass is 306 g/mol. The van der Waals surface area contributed by atoms with E-state index in [1.807, 2.05) is 6.92 Å². The predicted molar refractivity (Wildman–Crippen MR) is 72.7 cm³/mol. The second-order valence-electron chi connectivity index (χ2n) is 3.87. The number of pyridine rings is 1. The fourth-order valence-corrected chi connectivity index (χ4v) is 1.87. The number of rotatable bonds is 2. The van der Waals surface area contributed by atoms with Gasteiger partial charge in [0.15, 0.2) is 0 Å². The summed E-state index contributed by atoms with van der Waals surface area (Å²) in [5, 5.41) is 12.3. The molecule has 18 heavy (non-hydrogen) atoms. The van der Waals surface area contributed by atoms with Crippen LogP contribution in [-0.2, 0) is 0 Å². The molecule has 2 aromatic rings. The molecule has 0 aliphatic heterocycles. The Labute approximate surface area is 113 Å². The summed E-state index contributed by atoms with van der Waals surface area (Å²) in [5.74, 6) is -0.433. The van der Waals surface area contributed by atoms with Gasteiger partial charge < -0.3 is 10.4 Å². The highest BCUT2D eigenvalue weighted by Gasteiger charge is 2.11. The Kier molecular flexibility index (Phi) is 3.62. The molecule has 1 aromatic heterocycles. The van der Waals surface area contributed by atoms with Crippen molar-refractivity contribution >= 4 is 27.5 Å². The van der Waals surface area contributed by atoms with Crippen molar-refractivity contribution in [2.45, 2.75) is 6.92 Å². The van der Waals surface area contributed by atoms with E-state index in [0.717, 1.165) is 10.0 Å². The third-order valence-electron chi connectivity index (χ3n) is 2.34. The van der Waals surface area contributed by atoms with Crippen LogP contribution in [0.25, 0.3) is 0 Å². The SMILES string of the molecule is Cc1cncc(NC(=O)c2cc(Br)ccc2O)c1. The highest BCUT2D eigenvalue weighted by Crippen LogP contribution is 2.22. The lowest BCUT2D eigenvalue weighted by atomic mass is 10.2. The highest BCUT2D eigenvalue weighted by atomic mass is 79.9. The summed E-state index contributed by atoms with van der Waals surface area (Å²) >= 11 is 3.26. The Bertz CT molecular complexity index is 599. The van der Waals surface area contributed by atoms with Gasteiger partial charge in [0.25, 0.3) is 5.91 Å². The summed E-state index contributed by atoms with van der Waals surface area (Å²) in [4.78, 5) is 16.0. The van der Waals surface area contributed by atoms with Crippen LogP contribution in [0.15, 0.2) is 41.1 Å². The molecule has 2 N–H and O–H groups in total. The van der Waals surface area contributed by atoms with Crippen LogP contribution in [0.2, 0.25) is 0 Å². The maximum atomic E-state index is 12.0. The number of carbonyl (C=O) groups is 1. The molecule has 4 nitrogen and oxygen atoms in total. The van der Waals surface area contributed by atoms with Gasteiger partial charge in [-0.15, -0.1) is 0 Å². The number of hydrogen-bond acceptors (Lipinski definition) is 3. The molecule has 0 fully saturated rings. The van der Waals surface area contributed by atoms with Gasteiger partial charge in [-0.1, -0.05) is 15.9 Å². The van der Waals surface area contributed by atoms with Crippen molar-refractivity contribution < 1.29 is 9.90 Å². The van der Waals surface area contributed by atoms with Crippen LogP contribution in [0.5, 0.6) is 5.75 Å². The van der Waals surface area contributed by atoms with Gasteiger partial charge in [0.2, 0.25) is 0 Å². The van der Waals surface area contributed by atoms with E-state index in [4.69, 9.17) is 0 Å². The van der Waals surface area contributed by atoms with E-state index >= 15 is 0 Å². The molecular formula is C13H11BrN2O2. The molecule has 2 rings (SSSR count). The van der Waals surface area contributed by atoms with Crippen molar-refractivity contribution in [3.05, 3.63) is 52.3 Å². The Morgan fingerprint density at radius 2 is 2.11 bits per heavy atom. The molecule has 1 heterocycles. The quantitative estimate of drug-likeness (QED) is 0.896. The van der Waals surface area contributed by atoms with E-state index < -0.39 is 0 Å². The van der Waals surface area contributed by atoms with E-state index in [2.05, 4.69) is 26.2 Å². The van der Waals surface area contributed by atoms with E-state index in [9.17, 15) is 9.90 Å². The minimum Gasteiger partial charge on any atom is -0.507 e. The Morgan fingerprint density at radius 1 is 1.33 bits per heavy atom. The largest absolute Gasteiger partial charge is 0.507 e. The summed E-state index contributed by atoms with van der Waals surface area (Å²) in [6.07, 6.45) is 3.26. The number of phenols is 1. The number of nitrogens with zero attached hydrogens (tertiary/aromatic N) is 1. The van der Waals surface area contributed by atoms with Crippen molar-refractivity contribution in [3.63, 3.8) is 0 Å². The molecule has 92 valence electrons. The Hall–Kier alpha value is -1.88. The number of amides is 1. The number of aryl methyl sites for hydroxylation is 1. The van der Waals surface area contributed by atoms with Gasteiger partial charge in [-0.05, 0) is 36.8 Å². The van der Waals surface area contributed by atoms with Crippen LogP contribution in [-0.4, -0.2) is 16.0 Å². The van der Waals surface area contributed by atoms with Gasteiger partial charge in [0, 0.05) is 10.7 Å². The molecule has 0 aliphatic rings. The van der Waals surface area contributed by atoms with Crippen LogP contribution in [0, 0.1) is 6.92 Å². The van der Waals surface area contributed by atoms with Crippen LogP contribution in [0.1, 0.15) is 15.9 Å². The number of hydrogen-bond donors (Lipinski definition) is 2. The lowest BCUT2D eigenvalue weighted by molar-refractivity contribution is 0.102. The summed E-state index contributed by atoms with van der Waals surface area (Å²) in [5.41, 5.74) is 1.76. The molecule has 0 saturated heterocycles. The van der Waals surface area contributed by atoms with Gasteiger partial charge in [-0.25, -0.2) is 0 Å². The minimum atomic E-state index is -0.374. The van der Waals surface area contributed by atoms with Gasteiger partial charge in [0.05, 0.1) is 17.4 Å². The van der Waals surface area contributed by atoms with Crippen molar-refractivity contribution in [3.8, 4) is 5.75 Å². The molecule has 0 saturated carbocycles. The molecule has 5 heteroatoms. The zero-order valence-corrected chi connectivity index (χ0v) is 11.2. The zero-order chi connectivity index (χ0) is 13.1. The first-order valence-electron chi connectivity index (χ1n) is 5.28. The van der Waals surface area contributed by atoms with Gasteiger partial charge in [-0.3, -0.25) is 9.78 Å². The first-order chi connectivity index (χ1) is 8.56. The zero-order valence-electron chi connectivity index (χ0n) is 9.64. The lowest BCUT2D eigenvalue weighted by Gasteiger charge is -2.07. The van der Waals surface area contributed by atoms with Crippen molar-refractivity contribution in [1.82, 2.24) is 4.98 Å². The summed E-state index contributed by atoms with van der Waals surface area (Å²) in [7, 11) is 0. The highest BCUT2D eigenvalue weighted by molar-refractivity contribution is 9.10. The van der Waals surface area contributed by atoms with Gasteiger partial charge >= 0.3 is 0 Å². The van der Waals surface area contributed by atoms with Gasteiger partial charge in [-0.2, -0.15) is 0 Å². The van der Waals surface area contributed by atoms with Crippen molar-refractivity contribution in [2.75, 3.05) is 5.32 Å². The smallest absolute Gasteiger partial charge is 0.259 e. The third kappa shape index (κ3) is 2.87. The molecule has 0 atom stereocenters. The average molecular weight is 307 g/mol. The fourth-order valence-electron chi connectivity index (χ4n) is 1.51. The number of aromatic hydroxyl groups is 1. The van der Waals surface area contributed by atoms with E-state index in [-0.39, 0.29) is 17.2 Å². The topological polar surface area (TPSA) is 62.2 Å². The van der Waals surface area contributed by atoms with E-state index in [1.54, 1.807) is 30.6 Å². The van der Waals surface area contributed by atoms with E-state index in [1.165, 1.54) is 6.07 Å². The number of benzene rings is 1. The molecule has 0 unspecified atom stereocenters. The summed E-state index contributed by atoms with van der Waals surface area (Å²) < 4.78 is 0.729. The van der Waals surface area contributed by atoms with Crippen molar-refractivity contribution in [1.29, 1.82) is 0 Å². The predicted octanol–water partition coefficient (Wildman–Crippen LogP) is 3.11. The van der Waals surface area contributed by atoms with Crippen LogP contribution in [0.4, 0.5) is 5.69 Å². The summed E-state index contributed by atoms with van der Waals surface area (Å²) in [6.45, 7) is 1.89. The maximum absolute atomic E-state index is 12.0. The average Bonchev–Trinajstić information content (AvgIpc) is 2.32. The second kappa shape index (κ2) is 5.18. The lowest BCUT2D eigenvalue weighted by Crippen LogP contribution is -2.12. The number of carbonyl (C=O) groups excluding carboxylic acids is 1. The molecular weight excluding hydrogens is 296 g/mol. The van der Waals surface area contributed by atoms with Crippen LogP contribution in [0.3, 0.4) is 0 Å². The molecule has 1 aromatic carbocycles. The molecule has 0 aliphatic carbocycles. The van der Waals surface area contributed by atoms with Crippen molar-refractivity contribution in [2.24, 2.45) is 0 Å². The fraction of sp³-hybridized carbons (Fsp3) is 0.0769. The molecule has 0 spiro atoms. The summed E-state index contributed by atoms with van der Waals surface area (Å²) in [6, 6.07) is 6.50. The standard InChI is InChI=1S/C13H11BrN2O2/c1-8-4-10(7-15-6-8)16-13(18)11-5-9(14)2-3-12(11)17/h2-7,17H,1H3,(H,16,18). The first-order valence-corrected chi connectivity index (χ1v) is 6.07.